The zero-order valence-electron chi connectivity index (χ0n) is 29.8. The fourth-order valence-electron chi connectivity index (χ4n) is 12.1. The molecule has 4 fully saturated rings. The highest BCUT2D eigenvalue weighted by atomic mass is 32.1. The van der Waals surface area contributed by atoms with Crippen LogP contribution in [0.4, 0.5) is 0 Å². The minimum absolute atomic E-state index is 0.174. The smallest absolute Gasteiger partial charge is 0.0440 e. The molecule has 0 saturated heterocycles. The molecule has 5 aliphatic carbocycles. The Bertz CT molecular complexity index is 2700. The molecule has 13 rings (SSSR count). The first kappa shape index (κ1) is 30.2. The lowest BCUT2D eigenvalue weighted by atomic mass is 9.43. The van der Waals surface area contributed by atoms with E-state index in [1.54, 1.807) is 11.1 Å². The van der Waals surface area contributed by atoms with Crippen LogP contribution in [0.15, 0.2) is 158 Å². The molecule has 0 unspecified atom stereocenters. The average molecular weight is 697 g/mol. The van der Waals surface area contributed by atoms with E-state index in [-0.39, 0.29) is 5.41 Å². The van der Waals surface area contributed by atoms with Crippen LogP contribution in [0.1, 0.15) is 43.2 Å². The Labute approximate surface area is 315 Å². The van der Waals surface area contributed by atoms with Crippen LogP contribution in [-0.4, -0.2) is 0 Å². The van der Waals surface area contributed by atoms with Gasteiger partial charge in [0.15, 0.2) is 0 Å². The van der Waals surface area contributed by atoms with Gasteiger partial charge in [-0.15, -0.1) is 11.3 Å². The van der Waals surface area contributed by atoms with Crippen LogP contribution in [0.5, 0.6) is 0 Å². The van der Waals surface area contributed by atoms with Crippen molar-refractivity contribution in [2.45, 2.75) is 37.5 Å². The summed E-state index contributed by atoms with van der Waals surface area (Å²) >= 11 is 1.95. The third-order valence-electron chi connectivity index (χ3n) is 13.9. The summed E-state index contributed by atoms with van der Waals surface area (Å²) in [5.41, 5.74) is 16.8. The molecule has 53 heavy (non-hydrogen) atoms. The molecule has 0 amide bonds. The quantitative estimate of drug-likeness (QED) is 0.172. The molecule has 0 aliphatic heterocycles. The second-order valence-electron chi connectivity index (χ2n) is 16.4. The third kappa shape index (κ3) is 4.29. The summed E-state index contributed by atoms with van der Waals surface area (Å²) in [5, 5.41) is 2.77. The molecule has 1 spiro atoms. The van der Waals surface area contributed by atoms with Crippen LogP contribution in [0.2, 0.25) is 0 Å². The largest absolute Gasteiger partial charge is 0.135 e. The van der Waals surface area contributed by atoms with Gasteiger partial charge in [0.2, 0.25) is 0 Å². The molecular weight excluding hydrogens is 657 g/mol. The van der Waals surface area contributed by atoms with Gasteiger partial charge in [0.25, 0.3) is 0 Å². The highest BCUT2D eigenvalue weighted by Gasteiger charge is 2.61. The van der Waals surface area contributed by atoms with E-state index in [1.807, 2.05) is 11.3 Å². The molecule has 1 aromatic heterocycles. The molecule has 0 atom stereocenters. The van der Waals surface area contributed by atoms with Crippen LogP contribution in [0.3, 0.4) is 0 Å². The van der Waals surface area contributed by atoms with Gasteiger partial charge in [-0.05, 0) is 135 Å². The molecule has 1 heteroatoms. The maximum atomic E-state index is 2.54. The first-order valence-electron chi connectivity index (χ1n) is 19.7. The van der Waals surface area contributed by atoms with Crippen LogP contribution >= 0.6 is 11.3 Å². The summed E-state index contributed by atoms with van der Waals surface area (Å²) in [5.74, 6) is 3.43. The summed E-state index contributed by atoms with van der Waals surface area (Å²) < 4.78 is 2.74. The zero-order valence-corrected chi connectivity index (χ0v) is 30.6. The van der Waals surface area contributed by atoms with Crippen molar-refractivity contribution in [2.75, 3.05) is 0 Å². The van der Waals surface area contributed by atoms with E-state index < -0.39 is 0 Å². The number of rotatable bonds is 4. The van der Waals surface area contributed by atoms with Crippen molar-refractivity contribution in [3.63, 3.8) is 0 Å². The molecule has 0 radical (unpaired) electrons. The summed E-state index contributed by atoms with van der Waals surface area (Å²) in [6.07, 6.45) is 7.14. The van der Waals surface area contributed by atoms with Crippen molar-refractivity contribution in [3.8, 4) is 55.6 Å². The maximum absolute atomic E-state index is 2.54. The molecule has 4 saturated carbocycles. The normalized spacial score (nSPS) is 23.5. The zero-order chi connectivity index (χ0) is 34.7. The van der Waals surface area contributed by atoms with E-state index in [9.17, 15) is 0 Å². The first-order chi connectivity index (χ1) is 26.2. The molecule has 5 aliphatic rings. The van der Waals surface area contributed by atoms with E-state index in [1.165, 1.54) is 108 Å². The highest BCUT2D eigenvalue weighted by Crippen LogP contribution is 2.70. The van der Waals surface area contributed by atoms with Crippen LogP contribution in [-0.2, 0) is 5.41 Å². The Morgan fingerprint density at radius 2 is 1.00 bits per heavy atom. The molecular formula is C52H40S. The lowest BCUT2D eigenvalue weighted by molar-refractivity contribution is -0.0399. The summed E-state index contributed by atoms with van der Waals surface area (Å²) in [4.78, 5) is 0. The van der Waals surface area contributed by atoms with Crippen molar-refractivity contribution in [3.05, 3.63) is 169 Å². The monoisotopic (exact) mass is 696 g/mol. The standard InChI is InChI=1S/C52H40S/c1-2-10-34(11-3-1)37-12-8-13-38(31-37)35-20-22-36(23-21-35)41-24-25-43(50-45-15-5-7-19-48(45)53-51(41)50)42-16-9-18-47-49(42)44-14-4-6-17-46(44)52(47)39-27-32-26-33(29-39)30-40(52)28-32/h1-25,31-33,39-40H,26-30H2. The van der Waals surface area contributed by atoms with Gasteiger partial charge in [-0.2, -0.15) is 0 Å². The molecule has 8 aromatic rings. The van der Waals surface area contributed by atoms with Crippen LogP contribution < -0.4 is 0 Å². The molecule has 1 heterocycles. The first-order valence-corrected chi connectivity index (χ1v) is 20.5. The minimum atomic E-state index is 0.174. The predicted octanol–water partition coefficient (Wildman–Crippen LogP) is 14.4. The second kappa shape index (κ2) is 11.4. The number of hydrogen-bond donors (Lipinski definition) is 0. The lowest BCUT2D eigenvalue weighted by Crippen LogP contribution is -2.55. The average Bonchev–Trinajstić information content (AvgIpc) is 3.75. The van der Waals surface area contributed by atoms with Crippen molar-refractivity contribution in [2.24, 2.45) is 23.7 Å². The Morgan fingerprint density at radius 1 is 0.415 bits per heavy atom. The molecule has 7 aromatic carbocycles. The van der Waals surface area contributed by atoms with Crippen LogP contribution in [0.25, 0.3) is 75.8 Å². The van der Waals surface area contributed by atoms with E-state index in [2.05, 4.69) is 158 Å². The fourth-order valence-corrected chi connectivity index (χ4v) is 13.3. The van der Waals surface area contributed by atoms with Crippen molar-refractivity contribution in [1.82, 2.24) is 0 Å². The minimum Gasteiger partial charge on any atom is -0.135 e. The Hall–Kier alpha value is -5.24. The summed E-state index contributed by atoms with van der Waals surface area (Å²) in [7, 11) is 0. The fraction of sp³-hybridized carbons (Fsp3) is 0.192. The predicted molar refractivity (Wildman–Crippen MR) is 224 cm³/mol. The van der Waals surface area contributed by atoms with Gasteiger partial charge < -0.3 is 0 Å². The topological polar surface area (TPSA) is 0 Å². The third-order valence-corrected chi connectivity index (χ3v) is 15.1. The Balaban J connectivity index is 1.02. The second-order valence-corrected chi connectivity index (χ2v) is 17.5. The van der Waals surface area contributed by atoms with Gasteiger partial charge in [-0.3, -0.25) is 0 Å². The lowest BCUT2D eigenvalue weighted by Gasteiger charge is -2.61. The number of fused-ring (bicyclic) bond motifs is 6. The summed E-state index contributed by atoms with van der Waals surface area (Å²) in [6, 6.07) is 59.7. The van der Waals surface area contributed by atoms with E-state index in [4.69, 9.17) is 0 Å². The van der Waals surface area contributed by atoms with Crippen LogP contribution in [0, 0.1) is 23.7 Å². The van der Waals surface area contributed by atoms with Crippen molar-refractivity contribution in [1.29, 1.82) is 0 Å². The summed E-state index contributed by atoms with van der Waals surface area (Å²) in [6.45, 7) is 0. The number of thiophene rings is 1. The van der Waals surface area contributed by atoms with E-state index in [0.717, 1.165) is 23.7 Å². The van der Waals surface area contributed by atoms with Gasteiger partial charge in [-0.25, -0.2) is 0 Å². The molecule has 254 valence electrons. The van der Waals surface area contributed by atoms with E-state index in [0.29, 0.717) is 0 Å². The van der Waals surface area contributed by atoms with Gasteiger partial charge in [0.05, 0.1) is 0 Å². The van der Waals surface area contributed by atoms with E-state index >= 15 is 0 Å². The number of hydrogen-bond acceptors (Lipinski definition) is 1. The van der Waals surface area contributed by atoms with Crippen molar-refractivity contribution >= 4 is 31.5 Å². The van der Waals surface area contributed by atoms with Gasteiger partial charge in [0.1, 0.15) is 0 Å². The maximum Gasteiger partial charge on any atom is 0.0440 e. The molecule has 4 bridgehead atoms. The van der Waals surface area contributed by atoms with Crippen molar-refractivity contribution < 1.29 is 0 Å². The molecule has 0 nitrogen and oxygen atoms in total. The Morgan fingerprint density at radius 3 is 1.79 bits per heavy atom. The Kier molecular flexibility index (Phi) is 6.49. The van der Waals surface area contributed by atoms with Gasteiger partial charge >= 0.3 is 0 Å². The SMILES string of the molecule is c1ccc(-c2cccc(-c3ccc(-c4ccc(-c5cccc6c5-c5ccccc5C65C6CC7CC(C6)CC5C7)c5c4sc4ccccc45)cc3)c2)cc1. The van der Waals surface area contributed by atoms with Gasteiger partial charge in [-0.1, -0.05) is 146 Å². The number of benzene rings is 7. The highest BCUT2D eigenvalue weighted by molar-refractivity contribution is 7.26. The van der Waals surface area contributed by atoms with Gasteiger partial charge in [0, 0.05) is 25.6 Å². The molecule has 0 N–H and O–H groups in total.